The summed E-state index contributed by atoms with van der Waals surface area (Å²) in [6.45, 7) is 1.91. The van der Waals surface area contributed by atoms with Gasteiger partial charge in [0.25, 0.3) is 0 Å². The third kappa shape index (κ3) is 4.50. The molecule has 0 aliphatic carbocycles. The Balaban J connectivity index is 1.66. The van der Waals surface area contributed by atoms with Crippen molar-refractivity contribution in [2.45, 2.75) is 13.3 Å². The van der Waals surface area contributed by atoms with Crippen molar-refractivity contribution in [3.05, 3.63) is 57.2 Å². The van der Waals surface area contributed by atoms with Crippen LogP contribution in [0.2, 0.25) is 5.02 Å². The molecule has 0 radical (unpaired) electrons. The van der Waals surface area contributed by atoms with Crippen LogP contribution < -0.4 is 15.4 Å². The molecule has 0 unspecified atom stereocenters. The molecule has 0 atom stereocenters. The second-order valence-corrected chi connectivity index (χ2v) is 6.97. The molecule has 8 heteroatoms. The molecule has 1 aromatic carbocycles. The first-order valence-electron chi connectivity index (χ1n) is 7.82. The van der Waals surface area contributed by atoms with E-state index in [1.165, 1.54) is 0 Å². The minimum absolute atomic E-state index is 0.127. The van der Waals surface area contributed by atoms with Crippen molar-refractivity contribution in [1.29, 1.82) is 0 Å². The highest BCUT2D eigenvalue weighted by Gasteiger charge is 2.09. The Bertz CT molecular complexity index is 898. The number of ether oxygens (including phenoxy) is 1. The molecule has 1 amide bonds. The van der Waals surface area contributed by atoms with Crippen molar-refractivity contribution in [2.24, 2.45) is 0 Å². The Morgan fingerprint density at radius 3 is 2.65 bits per heavy atom. The van der Waals surface area contributed by atoms with E-state index in [0.29, 0.717) is 28.8 Å². The molecule has 0 spiro atoms. The van der Waals surface area contributed by atoms with E-state index in [1.54, 1.807) is 36.6 Å². The van der Waals surface area contributed by atoms with Gasteiger partial charge in [-0.2, -0.15) is 0 Å². The fourth-order valence-corrected chi connectivity index (χ4v) is 3.15. The summed E-state index contributed by atoms with van der Waals surface area (Å²) < 4.78 is 5.33. The fourth-order valence-electron chi connectivity index (χ4n) is 2.29. The summed E-state index contributed by atoms with van der Waals surface area (Å²) in [6, 6.07) is 10.9. The second-order valence-electron chi connectivity index (χ2n) is 5.53. The van der Waals surface area contributed by atoms with Crippen LogP contribution >= 0.6 is 22.9 Å². The van der Waals surface area contributed by atoms with Crippen LogP contribution in [0.1, 0.15) is 10.4 Å². The lowest BCUT2D eigenvalue weighted by molar-refractivity contribution is -0.115. The maximum atomic E-state index is 12.0. The predicted octanol–water partition coefficient (Wildman–Crippen LogP) is 4.43. The molecular formula is C18H17ClN4O2S. The summed E-state index contributed by atoms with van der Waals surface area (Å²) in [6.07, 6.45) is 0.320. The number of nitrogens with one attached hydrogen (secondary N) is 2. The van der Waals surface area contributed by atoms with E-state index in [-0.39, 0.29) is 5.91 Å². The standard InChI is InChI=1S/C18H17ClN4O2S/c1-11-8-14(15(25-2)10-13(11)19)20-16-5-6-17(23-22-16)21-18(24)9-12-4-3-7-26-12/h3-8,10H,9H2,1-2H3,(H,20,22)(H,21,23,24). The number of methoxy groups -OCH3 is 1. The van der Waals surface area contributed by atoms with Gasteiger partial charge in [0.05, 0.1) is 19.2 Å². The summed E-state index contributed by atoms with van der Waals surface area (Å²) in [4.78, 5) is 13.0. The van der Waals surface area contributed by atoms with Crippen molar-refractivity contribution in [2.75, 3.05) is 17.7 Å². The molecule has 0 aliphatic heterocycles. The quantitative estimate of drug-likeness (QED) is 0.653. The smallest absolute Gasteiger partial charge is 0.230 e. The number of halogens is 1. The van der Waals surface area contributed by atoms with Crippen molar-refractivity contribution in [3.63, 3.8) is 0 Å². The third-order valence-electron chi connectivity index (χ3n) is 3.59. The van der Waals surface area contributed by atoms with Gasteiger partial charge in [-0.1, -0.05) is 17.7 Å². The Hall–Kier alpha value is -2.64. The average molecular weight is 389 g/mol. The molecule has 2 heterocycles. The number of aryl methyl sites for hydroxylation is 1. The van der Waals surface area contributed by atoms with E-state index >= 15 is 0 Å². The molecule has 2 N–H and O–H groups in total. The number of anilines is 3. The van der Waals surface area contributed by atoms with E-state index in [2.05, 4.69) is 20.8 Å². The first kappa shape index (κ1) is 18.2. The highest BCUT2D eigenvalue weighted by Crippen LogP contribution is 2.32. The topological polar surface area (TPSA) is 76.1 Å². The van der Waals surface area contributed by atoms with Gasteiger partial charge in [-0.15, -0.1) is 21.5 Å². The van der Waals surface area contributed by atoms with Gasteiger partial charge in [-0.3, -0.25) is 4.79 Å². The molecular weight excluding hydrogens is 372 g/mol. The largest absolute Gasteiger partial charge is 0.495 e. The zero-order chi connectivity index (χ0) is 18.5. The SMILES string of the molecule is COc1cc(Cl)c(C)cc1Nc1ccc(NC(=O)Cc2cccs2)nn1. The number of rotatable bonds is 6. The van der Waals surface area contributed by atoms with E-state index < -0.39 is 0 Å². The van der Waals surface area contributed by atoms with E-state index in [4.69, 9.17) is 16.3 Å². The van der Waals surface area contributed by atoms with Gasteiger partial charge in [0.2, 0.25) is 5.91 Å². The van der Waals surface area contributed by atoms with Crippen LogP contribution in [0.15, 0.2) is 41.8 Å². The van der Waals surface area contributed by atoms with Crippen LogP contribution in [0.4, 0.5) is 17.3 Å². The number of hydrogen-bond donors (Lipinski definition) is 2. The van der Waals surface area contributed by atoms with Crippen LogP contribution in [0.5, 0.6) is 5.75 Å². The maximum Gasteiger partial charge on any atom is 0.230 e. The monoisotopic (exact) mass is 388 g/mol. The number of benzene rings is 1. The van der Waals surface area contributed by atoms with Crippen molar-refractivity contribution >= 4 is 46.2 Å². The van der Waals surface area contributed by atoms with Crippen LogP contribution in [0, 0.1) is 6.92 Å². The summed E-state index contributed by atoms with van der Waals surface area (Å²) in [5.74, 6) is 1.41. The van der Waals surface area contributed by atoms with E-state index in [1.807, 2.05) is 30.5 Å². The molecule has 3 rings (SSSR count). The van der Waals surface area contributed by atoms with Gasteiger partial charge in [0.15, 0.2) is 11.6 Å². The van der Waals surface area contributed by atoms with Crippen molar-refractivity contribution in [3.8, 4) is 5.75 Å². The number of nitrogens with zero attached hydrogens (tertiary/aromatic N) is 2. The minimum atomic E-state index is -0.127. The number of thiophene rings is 1. The Kier molecular flexibility index (Phi) is 5.70. The van der Waals surface area contributed by atoms with Gasteiger partial charge >= 0.3 is 0 Å². The van der Waals surface area contributed by atoms with E-state index in [0.717, 1.165) is 16.1 Å². The van der Waals surface area contributed by atoms with Crippen LogP contribution in [0.25, 0.3) is 0 Å². The molecule has 0 saturated carbocycles. The second kappa shape index (κ2) is 8.16. The summed E-state index contributed by atoms with van der Waals surface area (Å²) in [5.41, 5.74) is 1.65. The molecule has 0 saturated heterocycles. The van der Waals surface area contributed by atoms with E-state index in [9.17, 15) is 4.79 Å². The highest BCUT2D eigenvalue weighted by atomic mass is 35.5. The lowest BCUT2D eigenvalue weighted by Crippen LogP contribution is -2.15. The fraction of sp³-hybridized carbons (Fsp3) is 0.167. The lowest BCUT2D eigenvalue weighted by Gasteiger charge is -2.12. The minimum Gasteiger partial charge on any atom is -0.495 e. The van der Waals surface area contributed by atoms with Crippen molar-refractivity contribution in [1.82, 2.24) is 10.2 Å². The van der Waals surface area contributed by atoms with Gasteiger partial charge in [-0.05, 0) is 42.1 Å². The number of amides is 1. The number of carbonyl (C=O) groups is 1. The predicted molar refractivity (Wildman–Crippen MR) is 105 cm³/mol. The molecule has 134 valence electrons. The van der Waals surface area contributed by atoms with Gasteiger partial charge < -0.3 is 15.4 Å². The maximum absolute atomic E-state index is 12.0. The first-order chi connectivity index (χ1) is 12.5. The summed E-state index contributed by atoms with van der Waals surface area (Å²) in [5, 5.41) is 16.6. The molecule has 26 heavy (non-hydrogen) atoms. The molecule has 3 aromatic rings. The van der Waals surface area contributed by atoms with Crippen LogP contribution in [0.3, 0.4) is 0 Å². The normalized spacial score (nSPS) is 10.4. The Morgan fingerprint density at radius 1 is 1.23 bits per heavy atom. The number of hydrogen-bond acceptors (Lipinski definition) is 6. The van der Waals surface area contributed by atoms with Gasteiger partial charge in [-0.25, -0.2) is 0 Å². The first-order valence-corrected chi connectivity index (χ1v) is 9.08. The highest BCUT2D eigenvalue weighted by molar-refractivity contribution is 7.10. The van der Waals surface area contributed by atoms with Crippen LogP contribution in [-0.2, 0) is 11.2 Å². The zero-order valence-corrected chi connectivity index (χ0v) is 15.8. The molecule has 0 aliphatic rings. The number of aromatic nitrogens is 2. The Labute approximate surface area is 160 Å². The molecule has 2 aromatic heterocycles. The summed E-state index contributed by atoms with van der Waals surface area (Å²) in [7, 11) is 1.57. The number of carbonyl (C=O) groups excluding carboxylic acids is 1. The van der Waals surface area contributed by atoms with Crippen LogP contribution in [-0.4, -0.2) is 23.2 Å². The Morgan fingerprint density at radius 2 is 2.00 bits per heavy atom. The zero-order valence-electron chi connectivity index (χ0n) is 14.2. The molecule has 6 nitrogen and oxygen atoms in total. The lowest BCUT2D eigenvalue weighted by atomic mass is 10.2. The summed E-state index contributed by atoms with van der Waals surface area (Å²) >= 11 is 7.66. The third-order valence-corrected chi connectivity index (χ3v) is 4.87. The average Bonchev–Trinajstić information content (AvgIpc) is 3.12. The van der Waals surface area contributed by atoms with Gasteiger partial charge in [0, 0.05) is 16.0 Å². The van der Waals surface area contributed by atoms with Gasteiger partial charge in [0.1, 0.15) is 5.75 Å². The van der Waals surface area contributed by atoms with Crippen molar-refractivity contribution < 1.29 is 9.53 Å². The molecule has 0 bridgehead atoms. The molecule has 0 fully saturated rings.